The number of benzene rings is 2. The number of halogens is 3. The molecule has 0 aromatic heterocycles. The van der Waals surface area contributed by atoms with Gasteiger partial charge in [0.1, 0.15) is 17.4 Å². The molecule has 0 aliphatic heterocycles. The Bertz CT molecular complexity index is 783. The number of nitrogens with one attached hydrogen (secondary N) is 1. The maximum absolute atomic E-state index is 13.7. The zero-order valence-electron chi connectivity index (χ0n) is 13.8. The molecule has 0 bridgehead atoms. The predicted molar refractivity (Wildman–Crippen MR) is 90.8 cm³/mol. The van der Waals surface area contributed by atoms with Crippen molar-refractivity contribution in [2.24, 2.45) is 0 Å². The first-order chi connectivity index (χ1) is 12.3. The summed E-state index contributed by atoms with van der Waals surface area (Å²) in [6.45, 7) is 0.604. The maximum Gasteiger partial charge on any atom is 0.344 e. The van der Waals surface area contributed by atoms with E-state index in [1.54, 1.807) is 24.3 Å². The molecule has 2 rings (SSSR count). The molecule has 0 aliphatic carbocycles. The summed E-state index contributed by atoms with van der Waals surface area (Å²) in [5, 5.41) is 2.99. The smallest absolute Gasteiger partial charge is 0.344 e. The van der Waals surface area contributed by atoms with E-state index < -0.39 is 36.2 Å². The molecule has 2 aromatic carbocycles. The lowest BCUT2D eigenvalue weighted by molar-refractivity contribution is -0.150. The lowest BCUT2D eigenvalue weighted by Crippen LogP contribution is -2.32. The van der Waals surface area contributed by atoms with E-state index in [4.69, 9.17) is 21.1 Å². The van der Waals surface area contributed by atoms with E-state index in [0.29, 0.717) is 10.8 Å². The molecule has 0 saturated heterocycles. The molecular weight excluding hydrogens is 368 g/mol. The van der Waals surface area contributed by atoms with Gasteiger partial charge in [-0.15, -0.1) is 0 Å². The molecule has 0 fully saturated rings. The normalized spacial score (nSPS) is 11.5. The monoisotopic (exact) mass is 383 g/mol. The number of carbonyl (C=O) groups excluding carboxylic acids is 2. The van der Waals surface area contributed by atoms with Crippen molar-refractivity contribution in [2.75, 3.05) is 13.2 Å². The molecule has 1 atom stereocenters. The number of rotatable bonds is 7. The van der Waals surface area contributed by atoms with E-state index >= 15 is 0 Å². The molecule has 0 spiro atoms. The number of hydrogen-bond acceptors (Lipinski definition) is 4. The van der Waals surface area contributed by atoms with Crippen LogP contribution in [0, 0.1) is 11.6 Å². The third-order valence-electron chi connectivity index (χ3n) is 3.34. The average molecular weight is 384 g/mol. The Labute approximate surface area is 153 Å². The number of ether oxygens (including phenoxy) is 2. The van der Waals surface area contributed by atoms with Gasteiger partial charge in [-0.25, -0.2) is 13.6 Å². The van der Waals surface area contributed by atoms with Crippen molar-refractivity contribution < 1.29 is 27.8 Å². The van der Waals surface area contributed by atoms with Crippen LogP contribution in [0.25, 0.3) is 0 Å². The van der Waals surface area contributed by atoms with E-state index in [2.05, 4.69) is 5.32 Å². The van der Waals surface area contributed by atoms with Gasteiger partial charge in [0.15, 0.2) is 13.2 Å². The van der Waals surface area contributed by atoms with Gasteiger partial charge in [-0.05, 0) is 37.3 Å². The van der Waals surface area contributed by atoms with Crippen LogP contribution < -0.4 is 10.1 Å². The van der Waals surface area contributed by atoms with Crippen molar-refractivity contribution in [3.63, 3.8) is 0 Å². The zero-order chi connectivity index (χ0) is 19.1. The molecule has 5 nitrogen and oxygen atoms in total. The molecule has 8 heteroatoms. The summed E-state index contributed by atoms with van der Waals surface area (Å²) in [5.41, 5.74) is 0.122. The van der Waals surface area contributed by atoms with Crippen molar-refractivity contribution in [1.29, 1.82) is 0 Å². The van der Waals surface area contributed by atoms with E-state index in [1.165, 1.54) is 13.0 Å². The molecule has 1 N–H and O–H groups in total. The van der Waals surface area contributed by atoms with Gasteiger partial charge in [0.2, 0.25) is 0 Å². The minimum atomic E-state index is -0.772. The highest BCUT2D eigenvalue weighted by Crippen LogP contribution is 2.17. The van der Waals surface area contributed by atoms with E-state index in [0.717, 1.165) is 12.1 Å². The third kappa shape index (κ3) is 6.00. The Morgan fingerprint density at radius 1 is 1.12 bits per heavy atom. The van der Waals surface area contributed by atoms with Gasteiger partial charge in [-0.3, -0.25) is 4.79 Å². The van der Waals surface area contributed by atoms with E-state index in [-0.39, 0.29) is 12.2 Å². The maximum atomic E-state index is 13.7. The highest BCUT2D eigenvalue weighted by atomic mass is 35.5. The molecule has 1 amide bonds. The van der Waals surface area contributed by atoms with Crippen molar-refractivity contribution in [3.05, 3.63) is 64.7 Å². The van der Waals surface area contributed by atoms with Crippen LogP contribution >= 0.6 is 11.6 Å². The predicted octanol–water partition coefficient (Wildman–Crippen LogP) is 3.42. The third-order valence-corrected chi connectivity index (χ3v) is 3.59. The minimum Gasteiger partial charge on any atom is -0.482 e. The SMILES string of the molecule is C[C@@H](NC(=O)COC(=O)COc1ccc(Cl)cc1)c1ccc(F)cc1F. The lowest BCUT2D eigenvalue weighted by atomic mass is 10.1. The van der Waals surface area contributed by atoms with Gasteiger partial charge in [0.25, 0.3) is 5.91 Å². The van der Waals surface area contributed by atoms with E-state index in [9.17, 15) is 18.4 Å². The van der Waals surface area contributed by atoms with Crippen LogP contribution in [0.2, 0.25) is 5.02 Å². The Morgan fingerprint density at radius 3 is 2.46 bits per heavy atom. The topological polar surface area (TPSA) is 64.6 Å². The summed E-state index contributed by atoms with van der Waals surface area (Å²) in [6.07, 6.45) is 0. The summed E-state index contributed by atoms with van der Waals surface area (Å²) in [5.74, 6) is -2.42. The Hall–Kier alpha value is -2.67. The minimum absolute atomic E-state index is 0.122. The van der Waals surface area contributed by atoms with Crippen molar-refractivity contribution in [3.8, 4) is 5.75 Å². The van der Waals surface area contributed by atoms with Gasteiger partial charge in [0.05, 0.1) is 6.04 Å². The van der Waals surface area contributed by atoms with Crippen LogP contribution in [0.5, 0.6) is 5.75 Å². The van der Waals surface area contributed by atoms with Gasteiger partial charge >= 0.3 is 5.97 Å². The second-order valence-electron chi connectivity index (χ2n) is 5.36. The number of amides is 1. The van der Waals surface area contributed by atoms with Crippen LogP contribution in [0.1, 0.15) is 18.5 Å². The molecule has 2 aromatic rings. The van der Waals surface area contributed by atoms with E-state index in [1.807, 2.05) is 0 Å². The highest BCUT2D eigenvalue weighted by Gasteiger charge is 2.15. The first kappa shape index (κ1) is 19.7. The first-order valence-corrected chi connectivity index (χ1v) is 8.01. The Balaban J connectivity index is 1.75. The van der Waals surface area contributed by atoms with Crippen LogP contribution in [-0.2, 0) is 14.3 Å². The fourth-order valence-electron chi connectivity index (χ4n) is 2.07. The molecule has 0 heterocycles. The van der Waals surface area contributed by atoms with Crippen LogP contribution in [-0.4, -0.2) is 25.1 Å². The number of carbonyl (C=O) groups is 2. The van der Waals surface area contributed by atoms with Gasteiger partial charge in [-0.2, -0.15) is 0 Å². The fraction of sp³-hybridized carbons (Fsp3) is 0.222. The summed E-state index contributed by atoms with van der Waals surface area (Å²) < 4.78 is 36.5. The summed E-state index contributed by atoms with van der Waals surface area (Å²) in [7, 11) is 0. The average Bonchev–Trinajstić information content (AvgIpc) is 2.59. The fourth-order valence-corrected chi connectivity index (χ4v) is 2.20. The van der Waals surface area contributed by atoms with Gasteiger partial charge in [0, 0.05) is 16.7 Å². The second kappa shape index (κ2) is 9.15. The quantitative estimate of drug-likeness (QED) is 0.744. The Kier molecular flexibility index (Phi) is 6.91. The summed E-state index contributed by atoms with van der Waals surface area (Å²) in [4.78, 5) is 23.4. The van der Waals surface area contributed by atoms with Crippen LogP contribution in [0.3, 0.4) is 0 Å². The summed E-state index contributed by atoms with van der Waals surface area (Å²) in [6, 6.07) is 8.72. The van der Waals surface area contributed by atoms with Crippen molar-refractivity contribution in [1.82, 2.24) is 5.32 Å². The molecule has 0 saturated carbocycles. The molecule has 0 radical (unpaired) electrons. The van der Waals surface area contributed by atoms with Crippen molar-refractivity contribution >= 4 is 23.5 Å². The highest BCUT2D eigenvalue weighted by molar-refractivity contribution is 6.30. The Morgan fingerprint density at radius 2 is 1.81 bits per heavy atom. The van der Waals surface area contributed by atoms with Gasteiger partial charge < -0.3 is 14.8 Å². The lowest BCUT2D eigenvalue weighted by Gasteiger charge is -2.15. The number of hydrogen-bond donors (Lipinski definition) is 1. The van der Waals surface area contributed by atoms with Crippen molar-refractivity contribution in [2.45, 2.75) is 13.0 Å². The molecule has 0 aliphatic rings. The second-order valence-corrected chi connectivity index (χ2v) is 5.79. The molecular formula is C18H16ClF2NO4. The number of esters is 1. The molecule has 0 unspecified atom stereocenters. The largest absolute Gasteiger partial charge is 0.482 e. The van der Waals surface area contributed by atoms with Gasteiger partial charge in [-0.1, -0.05) is 17.7 Å². The first-order valence-electron chi connectivity index (χ1n) is 7.63. The summed E-state index contributed by atoms with van der Waals surface area (Å²) >= 11 is 5.73. The van der Waals surface area contributed by atoms with Crippen LogP contribution in [0.15, 0.2) is 42.5 Å². The van der Waals surface area contributed by atoms with Crippen LogP contribution in [0.4, 0.5) is 8.78 Å². The standard InChI is InChI=1S/C18H16ClF2NO4/c1-11(15-7-4-13(20)8-16(15)21)22-17(23)9-26-18(24)10-25-14-5-2-12(19)3-6-14/h2-8,11H,9-10H2,1H3,(H,22,23)/t11-/m1/s1. The molecule has 26 heavy (non-hydrogen) atoms. The zero-order valence-corrected chi connectivity index (χ0v) is 14.6. The molecule has 138 valence electrons.